The van der Waals surface area contributed by atoms with Crippen molar-refractivity contribution in [3.05, 3.63) is 78.7 Å². The number of pyridine rings is 1. The fourth-order valence-electron chi connectivity index (χ4n) is 2.72. The lowest BCUT2D eigenvalue weighted by atomic mass is 10.2. The molecule has 2 N–H and O–H groups in total. The van der Waals surface area contributed by atoms with Gasteiger partial charge in [-0.1, -0.05) is 30.0 Å². The summed E-state index contributed by atoms with van der Waals surface area (Å²) < 4.78 is 15.5. The van der Waals surface area contributed by atoms with Crippen molar-refractivity contribution >= 4 is 29.3 Å². The number of halogens is 1. The minimum atomic E-state index is -0.571. The summed E-state index contributed by atoms with van der Waals surface area (Å²) in [4.78, 5) is 28.2. The van der Waals surface area contributed by atoms with Crippen LogP contribution in [0.5, 0.6) is 0 Å². The molecule has 0 saturated carbocycles. The second kappa shape index (κ2) is 11.0. The summed E-state index contributed by atoms with van der Waals surface area (Å²) in [6.45, 7) is 4.46. The van der Waals surface area contributed by atoms with Crippen molar-refractivity contribution in [2.45, 2.75) is 18.1 Å². The largest absolute Gasteiger partial charge is 0.351 e. The van der Waals surface area contributed by atoms with Crippen molar-refractivity contribution < 1.29 is 14.0 Å². The van der Waals surface area contributed by atoms with Crippen LogP contribution < -0.4 is 10.6 Å². The summed E-state index contributed by atoms with van der Waals surface area (Å²) >= 11 is 1.25. The Morgan fingerprint density at radius 1 is 1.19 bits per heavy atom. The Morgan fingerprint density at radius 2 is 2.03 bits per heavy atom. The molecule has 31 heavy (non-hydrogen) atoms. The summed E-state index contributed by atoms with van der Waals surface area (Å²) in [6, 6.07) is 9.29. The van der Waals surface area contributed by atoms with Gasteiger partial charge in [0.1, 0.15) is 11.6 Å². The van der Waals surface area contributed by atoms with Gasteiger partial charge < -0.3 is 15.2 Å². The molecular weight excluding hydrogens is 419 g/mol. The maximum atomic E-state index is 13.7. The van der Waals surface area contributed by atoms with Crippen LogP contribution in [-0.2, 0) is 17.8 Å². The van der Waals surface area contributed by atoms with Crippen molar-refractivity contribution in [3.8, 4) is 0 Å². The van der Waals surface area contributed by atoms with Crippen molar-refractivity contribution in [3.63, 3.8) is 0 Å². The fourth-order valence-corrected chi connectivity index (χ4v) is 3.48. The molecule has 10 heteroatoms. The average molecular weight is 441 g/mol. The molecule has 160 valence electrons. The Hall–Kier alpha value is -3.53. The highest BCUT2D eigenvalue weighted by Gasteiger charge is 2.15. The SMILES string of the molecule is C=CCn1c(CCNC(=O)c2ccccc2F)nnc1SCC(=O)Nc1cccnc1. The molecule has 2 amide bonds. The summed E-state index contributed by atoms with van der Waals surface area (Å²) in [5.41, 5.74) is 0.609. The van der Waals surface area contributed by atoms with E-state index >= 15 is 0 Å². The molecule has 0 fully saturated rings. The van der Waals surface area contributed by atoms with Gasteiger partial charge in [0.25, 0.3) is 5.91 Å². The van der Waals surface area contributed by atoms with Crippen LogP contribution in [0.2, 0.25) is 0 Å². The Kier molecular flexibility index (Phi) is 7.88. The molecule has 3 rings (SSSR count). The third kappa shape index (κ3) is 6.22. The first kappa shape index (κ1) is 22.2. The van der Waals surface area contributed by atoms with Gasteiger partial charge in [-0.2, -0.15) is 0 Å². The fraction of sp³-hybridized carbons (Fsp3) is 0.190. The Labute approximate surface area is 183 Å². The molecule has 0 spiro atoms. The molecule has 0 atom stereocenters. The number of nitrogens with zero attached hydrogens (tertiary/aromatic N) is 4. The van der Waals surface area contributed by atoms with Crippen LogP contribution in [0.25, 0.3) is 0 Å². The monoisotopic (exact) mass is 440 g/mol. The number of allylic oxidation sites excluding steroid dienone is 1. The zero-order chi connectivity index (χ0) is 22.1. The van der Waals surface area contributed by atoms with E-state index in [0.29, 0.717) is 29.6 Å². The number of nitrogens with one attached hydrogen (secondary N) is 2. The van der Waals surface area contributed by atoms with Crippen LogP contribution in [0.4, 0.5) is 10.1 Å². The molecule has 0 radical (unpaired) electrons. The first-order valence-electron chi connectivity index (χ1n) is 9.47. The molecule has 2 heterocycles. The van der Waals surface area contributed by atoms with Crippen LogP contribution in [0.3, 0.4) is 0 Å². The second-order valence-corrected chi connectivity index (χ2v) is 7.30. The lowest BCUT2D eigenvalue weighted by Gasteiger charge is -2.09. The molecule has 0 aliphatic heterocycles. The van der Waals surface area contributed by atoms with Crippen LogP contribution >= 0.6 is 11.8 Å². The van der Waals surface area contributed by atoms with Gasteiger partial charge in [-0.3, -0.25) is 14.6 Å². The number of thioether (sulfide) groups is 1. The topological polar surface area (TPSA) is 102 Å². The molecule has 2 aromatic heterocycles. The van der Waals surface area contributed by atoms with Crippen molar-refractivity contribution in [1.82, 2.24) is 25.1 Å². The summed E-state index contributed by atoms with van der Waals surface area (Å²) in [5.74, 6) is -0.477. The second-order valence-electron chi connectivity index (χ2n) is 6.36. The first-order valence-corrected chi connectivity index (χ1v) is 10.5. The third-order valence-corrected chi connectivity index (χ3v) is 5.10. The summed E-state index contributed by atoms with van der Waals surface area (Å²) in [7, 11) is 0. The number of carbonyl (C=O) groups excluding carboxylic acids is 2. The van der Waals surface area contributed by atoms with Crippen molar-refractivity contribution in [2.24, 2.45) is 0 Å². The van der Waals surface area contributed by atoms with Crippen molar-refractivity contribution in [2.75, 3.05) is 17.6 Å². The minimum Gasteiger partial charge on any atom is -0.351 e. The molecule has 0 saturated heterocycles. The number of benzene rings is 1. The average Bonchev–Trinajstić information content (AvgIpc) is 3.15. The zero-order valence-electron chi connectivity index (χ0n) is 16.6. The van der Waals surface area contributed by atoms with Gasteiger partial charge in [0.05, 0.1) is 23.2 Å². The van der Waals surface area contributed by atoms with Gasteiger partial charge in [-0.25, -0.2) is 4.39 Å². The Balaban J connectivity index is 1.55. The van der Waals surface area contributed by atoms with Gasteiger partial charge >= 0.3 is 0 Å². The van der Waals surface area contributed by atoms with Crippen molar-refractivity contribution in [1.29, 1.82) is 0 Å². The number of aromatic nitrogens is 4. The molecule has 1 aromatic carbocycles. The smallest absolute Gasteiger partial charge is 0.254 e. The normalized spacial score (nSPS) is 10.5. The van der Waals surface area contributed by atoms with Gasteiger partial charge in [0.2, 0.25) is 5.91 Å². The predicted octanol–water partition coefficient (Wildman–Crippen LogP) is 2.70. The van der Waals surface area contributed by atoms with E-state index in [2.05, 4.69) is 32.4 Å². The molecule has 0 unspecified atom stereocenters. The summed E-state index contributed by atoms with van der Waals surface area (Å²) in [5, 5.41) is 14.3. The number of carbonyl (C=O) groups is 2. The Morgan fingerprint density at radius 3 is 2.77 bits per heavy atom. The van der Waals surface area contributed by atoms with Gasteiger partial charge in [-0.05, 0) is 24.3 Å². The van der Waals surface area contributed by atoms with Gasteiger partial charge in [-0.15, -0.1) is 16.8 Å². The van der Waals surface area contributed by atoms with Gasteiger partial charge in [0, 0.05) is 25.7 Å². The molecular formula is C21H21FN6O2S. The minimum absolute atomic E-state index is 0.00840. The quantitative estimate of drug-likeness (QED) is 0.371. The van der Waals surface area contributed by atoms with Crippen LogP contribution in [-0.4, -0.2) is 43.9 Å². The number of hydrogen-bond donors (Lipinski definition) is 2. The van der Waals surface area contributed by atoms with E-state index in [4.69, 9.17) is 0 Å². The molecule has 0 aliphatic rings. The third-order valence-electron chi connectivity index (χ3n) is 4.14. The lowest BCUT2D eigenvalue weighted by Crippen LogP contribution is -2.27. The van der Waals surface area contributed by atoms with E-state index in [-0.39, 0.29) is 23.8 Å². The molecule has 0 bridgehead atoms. The lowest BCUT2D eigenvalue weighted by molar-refractivity contribution is -0.113. The molecule has 3 aromatic rings. The van der Waals surface area contributed by atoms with Crippen LogP contribution in [0.15, 0.2) is 66.6 Å². The van der Waals surface area contributed by atoms with Crippen LogP contribution in [0, 0.1) is 5.82 Å². The first-order chi connectivity index (χ1) is 15.1. The summed E-state index contributed by atoms with van der Waals surface area (Å²) in [6.07, 6.45) is 5.28. The zero-order valence-corrected chi connectivity index (χ0v) is 17.4. The highest BCUT2D eigenvalue weighted by Crippen LogP contribution is 2.18. The maximum absolute atomic E-state index is 13.7. The maximum Gasteiger partial charge on any atom is 0.254 e. The number of rotatable bonds is 10. The standard InChI is InChI=1S/C21H21FN6O2S/c1-2-12-28-18(9-11-24-20(30)16-7-3-4-8-17(16)22)26-27-21(28)31-14-19(29)25-15-6-5-10-23-13-15/h2-8,10,13H,1,9,11-12,14H2,(H,24,30)(H,25,29). The van der Waals surface area contributed by atoms with E-state index in [9.17, 15) is 14.0 Å². The van der Waals surface area contributed by atoms with Gasteiger partial charge in [0.15, 0.2) is 5.16 Å². The van der Waals surface area contributed by atoms with E-state index in [1.54, 1.807) is 36.7 Å². The van der Waals surface area contributed by atoms with E-state index < -0.39 is 11.7 Å². The number of hydrogen-bond acceptors (Lipinski definition) is 6. The predicted molar refractivity (Wildman–Crippen MR) is 116 cm³/mol. The Bertz CT molecular complexity index is 1060. The van der Waals surface area contributed by atoms with Crippen LogP contribution in [0.1, 0.15) is 16.2 Å². The van der Waals surface area contributed by atoms with E-state index in [1.807, 2.05) is 4.57 Å². The number of amides is 2. The molecule has 0 aliphatic carbocycles. The molecule has 8 nitrogen and oxygen atoms in total. The van der Waals surface area contributed by atoms with E-state index in [1.165, 1.54) is 30.0 Å². The highest BCUT2D eigenvalue weighted by molar-refractivity contribution is 7.99. The highest BCUT2D eigenvalue weighted by atomic mass is 32.2. The van der Waals surface area contributed by atoms with E-state index in [0.717, 1.165) is 0 Å². The number of anilines is 1.